The number of amides is 2. The lowest BCUT2D eigenvalue weighted by atomic mass is 10.1. The van der Waals surface area contributed by atoms with Gasteiger partial charge in [-0.05, 0) is 36.8 Å². The summed E-state index contributed by atoms with van der Waals surface area (Å²) in [7, 11) is 0. The zero-order valence-corrected chi connectivity index (χ0v) is 13.5. The zero-order valence-electron chi connectivity index (χ0n) is 13.5. The van der Waals surface area contributed by atoms with Crippen molar-refractivity contribution < 1.29 is 9.53 Å². The molecule has 120 valence electrons. The minimum atomic E-state index is 0.0625. The van der Waals surface area contributed by atoms with E-state index in [0.29, 0.717) is 18.5 Å². The van der Waals surface area contributed by atoms with Crippen LogP contribution >= 0.6 is 0 Å². The van der Waals surface area contributed by atoms with E-state index >= 15 is 0 Å². The highest BCUT2D eigenvalue weighted by molar-refractivity contribution is 5.75. The standard InChI is InChI=1S/C18H26N2O2/c1-13(2)9-10-20(15-7-8-15)18(21)19-12-16-11-14-5-3-4-6-17(14)22-16/h3-6,13,15-16H,7-12H2,1-2H3,(H,19,21). The van der Waals surface area contributed by atoms with Gasteiger partial charge in [0, 0.05) is 19.0 Å². The van der Waals surface area contributed by atoms with Crippen molar-refractivity contribution in [1.82, 2.24) is 10.2 Å². The molecule has 0 saturated heterocycles. The predicted molar refractivity (Wildman–Crippen MR) is 87.1 cm³/mol. The summed E-state index contributed by atoms with van der Waals surface area (Å²) in [5, 5.41) is 3.07. The Labute approximate surface area is 132 Å². The van der Waals surface area contributed by atoms with Crippen LogP contribution in [0.3, 0.4) is 0 Å². The van der Waals surface area contributed by atoms with Gasteiger partial charge in [0.25, 0.3) is 0 Å². The van der Waals surface area contributed by atoms with E-state index in [1.54, 1.807) is 0 Å². The van der Waals surface area contributed by atoms with Gasteiger partial charge in [-0.15, -0.1) is 0 Å². The first-order chi connectivity index (χ1) is 10.6. The number of benzene rings is 1. The van der Waals surface area contributed by atoms with Gasteiger partial charge < -0.3 is 15.0 Å². The molecule has 22 heavy (non-hydrogen) atoms. The fourth-order valence-electron chi connectivity index (χ4n) is 2.90. The van der Waals surface area contributed by atoms with E-state index in [4.69, 9.17) is 4.74 Å². The second kappa shape index (κ2) is 6.59. The van der Waals surface area contributed by atoms with Gasteiger partial charge in [0.2, 0.25) is 0 Å². The van der Waals surface area contributed by atoms with Gasteiger partial charge in [-0.25, -0.2) is 4.79 Å². The molecule has 1 unspecified atom stereocenters. The molecule has 1 heterocycles. The van der Waals surface area contributed by atoms with Gasteiger partial charge in [-0.3, -0.25) is 0 Å². The molecule has 1 aromatic rings. The number of nitrogens with zero attached hydrogens (tertiary/aromatic N) is 1. The maximum absolute atomic E-state index is 12.4. The highest BCUT2D eigenvalue weighted by Crippen LogP contribution is 2.29. The number of rotatable bonds is 6. The van der Waals surface area contributed by atoms with Crippen LogP contribution in [0, 0.1) is 5.92 Å². The second-order valence-corrected chi connectivity index (χ2v) is 6.84. The van der Waals surface area contributed by atoms with E-state index in [1.165, 1.54) is 5.56 Å². The number of nitrogens with one attached hydrogen (secondary N) is 1. The smallest absolute Gasteiger partial charge is 0.317 e. The lowest BCUT2D eigenvalue weighted by Gasteiger charge is -2.24. The van der Waals surface area contributed by atoms with E-state index in [2.05, 4.69) is 25.2 Å². The van der Waals surface area contributed by atoms with Gasteiger partial charge in [0.1, 0.15) is 11.9 Å². The Morgan fingerprint density at radius 2 is 2.14 bits per heavy atom. The van der Waals surface area contributed by atoms with Crippen LogP contribution in [0.15, 0.2) is 24.3 Å². The third-order valence-electron chi connectivity index (χ3n) is 4.39. The van der Waals surface area contributed by atoms with Crippen LogP contribution in [0.25, 0.3) is 0 Å². The van der Waals surface area contributed by atoms with Crippen LogP contribution in [0.5, 0.6) is 5.75 Å². The number of hydrogen-bond donors (Lipinski definition) is 1. The van der Waals surface area contributed by atoms with Crippen molar-refractivity contribution in [1.29, 1.82) is 0 Å². The maximum Gasteiger partial charge on any atom is 0.317 e. The van der Waals surface area contributed by atoms with Gasteiger partial charge in [-0.1, -0.05) is 32.0 Å². The highest BCUT2D eigenvalue weighted by atomic mass is 16.5. The van der Waals surface area contributed by atoms with E-state index in [-0.39, 0.29) is 12.1 Å². The van der Waals surface area contributed by atoms with Crippen molar-refractivity contribution in [3.8, 4) is 5.75 Å². The first-order valence-electron chi connectivity index (χ1n) is 8.42. The Bertz CT molecular complexity index is 501. The van der Waals surface area contributed by atoms with Crippen molar-refractivity contribution in [2.45, 2.75) is 51.7 Å². The van der Waals surface area contributed by atoms with Crippen LogP contribution in [0.1, 0.15) is 38.7 Å². The molecule has 0 radical (unpaired) electrons. The van der Waals surface area contributed by atoms with Crippen LogP contribution in [0.2, 0.25) is 0 Å². The fourth-order valence-corrected chi connectivity index (χ4v) is 2.90. The molecule has 2 amide bonds. The quantitative estimate of drug-likeness (QED) is 0.876. The second-order valence-electron chi connectivity index (χ2n) is 6.84. The van der Waals surface area contributed by atoms with Crippen LogP contribution in [0.4, 0.5) is 4.79 Å². The van der Waals surface area contributed by atoms with Gasteiger partial charge >= 0.3 is 6.03 Å². The minimum Gasteiger partial charge on any atom is -0.488 e. The van der Waals surface area contributed by atoms with Gasteiger partial charge in [-0.2, -0.15) is 0 Å². The number of ether oxygens (including phenoxy) is 1. The molecule has 1 aromatic carbocycles. The van der Waals surface area contributed by atoms with Crippen molar-refractivity contribution in [3.05, 3.63) is 29.8 Å². The monoisotopic (exact) mass is 302 g/mol. The SMILES string of the molecule is CC(C)CCN(C(=O)NCC1Cc2ccccc2O1)C1CC1. The van der Waals surface area contributed by atoms with Crippen molar-refractivity contribution in [2.75, 3.05) is 13.1 Å². The number of hydrogen-bond acceptors (Lipinski definition) is 2. The van der Waals surface area contributed by atoms with E-state index in [9.17, 15) is 4.79 Å². The molecule has 4 heteroatoms. The van der Waals surface area contributed by atoms with Crippen LogP contribution in [-0.4, -0.2) is 36.2 Å². The number of carbonyl (C=O) groups excluding carboxylic acids is 1. The number of para-hydroxylation sites is 1. The summed E-state index contributed by atoms with van der Waals surface area (Å²) >= 11 is 0. The largest absolute Gasteiger partial charge is 0.488 e. The maximum atomic E-state index is 12.4. The Morgan fingerprint density at radius 3 is 2.82 bits per heavy atom. The normalized spacial score (nSPS) is 19.7. The molecule has 2 aliphatic rings. The molecular formula is C18H26N2O2. The molecule has 1 saturated carbocycles. The zero-order chi connectivity index (χ0) is 15.5. The van der Waals surface area contributed by atoms with Crippen LogP contribution < -0.4 is 10.1 Å². The summed E-state index contributed by atoms with van der Waals surface area (Å²) in [6, 6.07) is 8.64. The molecule has 1 aliphatic heterocycles. The summed E-state index contributed by atoms with van der Waals surface area (Å²) in [6.07, 6.45) is 4.31. The minimum absolute atomic E-state index is 0.0625. The molecule has 0 aromatic heterocycles. The summed E-state index contributed by atoms with van der Waals surface area (Å²) in [5.74, 6) is 1.59. The number of fused-ring (bicyclic) bond motifs is 1. The summed E-state index contributed by atoms with van der Waals surface area (Å²) in [4.78, 5) is 14.4. The van der Waals surface area contributed by atoms with E-state index in [1.807, 2.05) is 23.1 Å². The third kappa shape index (κ3) is 3.73. The summed E-state index contributed by atoms with van der Waals surface area (Å²) in [6.45, 7) is 5.84. The Morgan fingerprint density at radius 1 is 1.36 bits per heavy atom. The molecule has 0 spiro atoms. The van der Waals surface area contributed by atoms with Gasteiger partial charge in [0.15, 0.2) is 0 Å². The molecule has 4 nitrogen and oxygen atoms in total. The first kappa shape index (κ1) is 15.2. The van der Waals surface area contributed by atoms with E-state index in [0.717, 1.165) is 38.0 Å². The Balaban J connectivity index is 1.47. The summed E-state index contributed by atoms with van der Waals surface area (Å²) in [5.41, 5.74) is 1.24. The predicted octanol–water partition coefficient (Wildman–Crippen LogP) is 3.21. The van der Waals surface area contributed by atoms with Crippen molar-refractivity contribution >= 4 is 6.03 Å². The lowest BCUT2D eigenvalue weighted by Crippen LogP contribution is -2.45. The molecule has 3 rings (SSSR count). The van der Waals surface area contributed by atoms with Gasteiger partial charge in [0.05, 0.1) is 6.54 Å². The van der Waals surface area contributed by atoms with E-state index < -0.39 is 0 Å². The van der Waals surface area contributed by atoms with Crippen molar-refractivity contribution in [2.24, 2.45) is 5.92 Å². The van der Waals surface area contributed by atoms with Crippen LogP contribution in [-0.2, 0) is 6.42 Å². The van der Waals surface area contributed by atoms with Crippen molar-refractivity contribution in [3.63, 3.8) is 0 Å². The first-order valence-corrected chi connectivity index (χ1v) is 8.42. The molecule has 1 N–H and O–H groups in total. The molecular weight excluding hydrogens is 276 g/mol. The average Bonchev–Trinajstić information content (AvgIpc) is 3.23. The molecule has 1 fully saturated rings. The Kier molecular flexibility index (Phi) is 4.55. The fraction of sp³-hybridized carbons (Fsp3) is 0.611. The molecule has 1 atom stereocenters. The Hall–Kier alpha value is -1.71. The number of carbonyl (C=O) groups is 1. The molecule has 0 bridgehead atoms. The summed E-state index contributed by atoms with van der Waals surface area (Å²) < 4.78 is 5.88. The average molecular weight is 302 g/mol. The third-order valence-corrected chi connectivity index (χ3v) is 4.39. The number of urea groups is 1. The highest BCUT2D eigenvalue weighted by Gasteiger charge is 2.33. The lowest BCUT2D eigenvalue weighted by molar-refractivity contribution is 0.179. The topological polar surface area (TPSA) is 41.6 Å². The molecule has 1 aliphatic carbocycles.